The lowest BCUT2D eigenvalue weighted by Gasteiger charge is -2.27. The average Bonchev–Trinajstić information content (AvgIpc) is 2.40. The Hall–Kier alpha value is -0.770. The van der Waals surface area contributed by atoms with Crippen LogP contribution in [0.25, 0.3) is 0 Å². The van der Waals surface area contributed by atoms with Crippen molar-refractivity contribution >= 4 is 5.91 Å². The number of aliphatic hydroxyl groups excluding tert-OH is 4. The third-order valence-corrected chi connectivity index (χ3v) is 2.92. The minimum Gasteiger partial charge on any atom is -0.394 e. The molecule has 1 heterocycles. The van der Waals surface area contributed by atoms with E-state index in [1.165, 1.54) is 0 Å². The lowest BCUT2D eigenvalue weighted by atomic mass is 10.0. The fourth-order valence-electron chi connectivity index (χ4n) is 1.92. The van der Waals surface area contributed by atoms with Crippen molar-refractivity contribution in [1.82, 2.24) is 0 Å². The van der Waals surface area contributed by atoms with Crippen molar-refractivity contribution in [2.24, 2.45) is 5.73 Å². The molecule has 1 amide bonds. The van der Waals surface area contributed by atoms with E-state index in [-0.39, 0.29) is 12.8 Å². The molecule has 0 saturated carbocycles. The first-order chi connectivity index (χ1) is 8.85. The van der Waals surface area contributed by atoms with Crippen LogP contribution >= 0.6 is 0 Å². The van der Waals surface area contributed by atoms with Crippen LogP contribution in [0.4, 0.5) is 0 Å². The molecular formula is C11H21NO7. The SMILES string of the molecule is CC(CC(N)=O)O[C@@H]1OC(CO)[C@H](O)C(O)CC1O. The van der Waals surface area contributed by atoms with Crippen LogP contribution in [0.1, 0.15) is 19.8 Å². The van der Waals surface area contributed by atoms with Gasteiger partial charge in [0.05, 0.1) is 25.2 Å². The van der Waals surface area contributed by atoms with E-state index < -0.39 is 49.3 Å². The summed E-state index contributed by atoms with van der Waals surface area (Å²) in [5, 5.41) is 38.1. The number of primary amides is 1. The van der Waals surface area contributed by atoms with Crippen molar-refractivity contribution in [2.75, 3.05) is 6.61 Å². The van der Waals surface area contributed by atoms with Gasteiger partial charge in [0.1, 0.15) is 18.3 Å². The van der Waals surface area contributed by atoms with Crippen molar-refractivity contribution in [3.05, 3.63) is 0 Å². The second-order valence-electron chi connectivity index (χ2n) is 4.70. The molecular weight excluding hydrogens is 258 g/mol. The average molecular weight is 279 g/mol. The second-order valence-corrected chi connectivity index (χ2v) is 4.70. The molecule has 0 aromatic heterocycles. The van der Waals surface area contributed by atoms with Crippen LogP contribution < -0.4 is 5.73 Å². The quantitative estimate of drug-likeness (QED) is 0.373. The Labute approximate surface area is 110 Å². The molecule has 112 valence electrons. The van der Waals surface area contributed by atoms with Gasteiger partial charge in [0.15, 0.2) is 6.29 Å². The maximum absolute atomic E-state index is 10.7. The number of amides is 1. The van der Waals surface area contributed by atoms with E-state index in [1.807, 2.05) is 0 Å². The van der Waals surface area contributed by atoms with Gasteiger partial charge in [-0.3, -0.25) is 4.79 Å². The molecule has 0 radical (unpaired) electrons. The summed E-state index contributed by atoms with van der Waals surface area (Å²) in [6.07, 6.45) is -6.77. The van der Waals surface area contributed by atoms with Crippen LogP contribution in [0.3, 0.4) is 0 Å². The lowest BCUT2D eigenvalue weighted by Crippen LogP contribution is -2.41. The van der Waals surface area contributed by atoms with Crippen molar-refractivity contribution < 1.29 is 34.7 Å². The van der Waals surface area contributed by atoms with Crippen LogP contribution in [0, 0.1) is 0 Å². The van der Waals surface area contributed by atoms with Crippen LogP contribution in [-0.4, -0.2) is 69.8 Å². The lowest BCUT2D eigenvalue weighted by molar-refractivity contribution is -0.240. The van der Waals surface area contributed by atoms with Crippen molar-refractivity contribution in [1.29, 1.82) is 0 Å². The van der Waals surface area contributed by atoms with E-state index >= 15 is 0 Å². The Morgan fingerprint density at radius 3 is 2.58 bits per heavy atom. The molecule has 0 bridgehead atoms. The molecule has 6 N–H and O–H groups in total. The van der Waals surface area contributed by atoms with E-state index in [2.05, 4.69) is 0 Å². The molecule has 8 nitrogen and oxygen atoms in total. The molecule has 1 fully saturated rings. The molecule has 4 unspecified atom stereocenters. The smallest absolute Gasteiger partial charge is 0.220 e. The number of aliphatic hydroxyl groups is 4. The number of carbonyl (C=O) groups is 1. The van der Waals surface area contributed by atoms with Crippen LogP contribution in [0.2, 0.25) is 0 Å². The highest BCUT2D eigenvalue weighted by Crippen LogP contribution is 2.22. The van der Waals surface area contributed by atoms with Gasteiger partial charge < -0.3 is 35.6 Å². The zero-order valence-electron chi connectivity index (χ0n) is 10.7. The minimum atomic E-state index is -1.32. The predicted octanol–water partition coefficient (Wildman–Crippen LogP) is -2.54. The van der Waals surface area contributed by atoms with Crippen LogP contribution in [0.5, 0.6) is 0 Å². The van der Waals surface area contributed by atoms with Crippen molar-refractivity contribution in [3.63, 3.8) is 0 Å². The summed E-state index contributed by atoms with van der Waals surface area (Å²) < 4.78 is 10.5. The van der Waals surface area contributed by atoms with Crippen molar-refractivity contribution in [3.8, 4) is 0 Å². The van der Waals surface area contributed by atoms with Gasteiger partial charge in [0.2, 0.25) is 5.91 Å². The zero-order valence-corrected chi connectivity index (χ0v) is 10.7. The topological polar surface area (TPSA) is 142 Å². The van der Waals surface area contributed by atoms with E-state index in [0.29, 0.717) is 0 Å². The molecule has 19 heavy (non-hydrogen) atoms. The largest absolute Gasteiger partial charge is 0.394 e. The molecule has 0 aliphatic carbocycles. The number of hydrogen-bond acceptors (Lipinski definition) is 7. The summed E-state index contributed by atoms with van der Waals surface area (Å²) in [6.45, 7) is 1.04. The second kappa shape index (κ2) is 7.13. The number of hydrogen-bond donors (Lipinski definition) is 5. The first-order valence-electron chi connectivity index (χ1n) is 6.09. The van der Waals surface area contributed by atoms with Gasteiger partial charge in [0.25, 0.3) is 0 Å². The first-order valence-corrected chi connectivity index (χ1v) is 6.09. The van der Waals surface area contributed by atoms with Crippen LogP contribution in [0.15, 0.2) is 0 Å². The molecule has 0 aromatic carbocycles. The van der Waals surface area contributed by atoms with E-state index in [9.17, 15) is 20.1 Å². The van der Waals surface area contributed by atoms with Crippen molar-refractivity contribution in [2.45, 2.75) is 56.6 Å². The molecule has 1 rings (SSSR count). The molecule has 1 saturated heterocycles. The number of nitrogens with two attached hydrogens (primary N) is 1. The standard InChI is InChI=1S/C11H21NO7/c1-5(2-9(12)16)18-11-7(15)3-6(14)10(17)8(4-13)19-11/h5-8,10-11,13-15,17H,2-4H2,1H3,(H2,12,16)/t5?,6?,7?,8?,10-,11-/m1/s1. The normalized spacial score (nSPS) is 37.6. The van der Waals surface area contributed by atoms with Gasteiger partial charge in [-0.15, -0.1) is 0 Å². The predicted molar refractivity (Wildman–Crippen MR) is 62.7 cm³/mol. The summed E-state index contributed by atoms with van der Waals surface area (Å²) in [7, 11) is 0. The fraction of sp³-hybridized carbons (Fsp3) is 0.909. The maximum atomic E-state index is 10.7. The number of ether oxygens (including phenoxy) is 2. The molecule has 6 atom stereocenters. The highest BCUT2D eigenvalue weighted by atomic mass is 16.7. The maximum Gasteiger partial charge on any atom is 0.220 e. The summed E-state index contributed by atoms with van der Waals surface area (Å²) in [4.78, 5) is 10.7. The third-order valence-electron chi connectivity index (χ3n) is 2.92. The summed E-state index contributed by atoms with van der Waals surface area (Å²) in [5.41, 5.74) is 5.02. The van der Waals surface area contributed by atoms with Gasteiger partial charge in [-0.05, 0) is 6.92 Å². The Bertz CT molecular complexity index is 301. The molecule has 1 aliphatic rings. The molecule has 8 heteroatoms. The molecule has 1 aliphatic heterocycles. The number of carbonyl (C=O) groups excluding carboxylic acids is 1. The Kier molecular flexibility index (Phi) is 6.11. The molecule has 0 spiro atoms. The summed E-state index contributed by atoms with van der Waals surface area (Å²) in [6, 6.07) is 0. The van der Waals surface area contributed by atoms with Gasteiger partial charge in [-0.1, -0.05) is 0 Å². The third kappa shape index (κ3) is 4.68. The van der Waals surface area contributed by atoms with Gasteiger partial charge in [-0.2, -0.15) is 0 Å². The van der Waals surface area contributed by atoms with E-state index in [1.54, 1.807) is 6.92 Å². The minimum absolute atomic E-state index is 0.0541. The Morgan fingerprint density at radius 2 is 2.05 bits per heavy atom. The highest BCUT2D eigenvalue weighted by Gasteiger charge is 2.39. The highest BCUT2D eigenvalue weighted by molar-refractivity contribution is 5.74. The zero-order chi connectivity index (χ0) is 14.6. The molecule has 0 aromatic rings. The monoisotopic (exact) mass is 279 g/mol. The van der Waals surface area contributed by atoms with E-state index in [0.717, 1.165) is 0 Å². The Balaban J connectivity index is 2.67. The fourth-order valence-corrected chi connectivity index (χ4v) is 1.92. The van der Waals surface area contributed by atoms with Gasteiger partial charge in [0, 0.05) is 6.42 Å². The Morgan fingerprint density at radius 1 is 1.42 bits per heavy atom. The van der Waals surface area contributed by atoms with Gasteiger partial charge >= 0.3 is 0 Å². The van der Waals surface area contributed by atoms with Crippen LogP contribution in [-0.2, 0) is 14.3 Å². The van der Waals surface area contributed by atoms with E-state index in [4.69, 9.17) is 20.3 Å². The van der Waals surface area contributed by atoms with Gasteiger partial charge in [-0.25, -0.2) is 0 Å². The summed E-state index contributed by atoms with van der Waals surface area (Å²) in [5.74, 6) is -0.561. The summed E-state index contributed by atoms with van der Waals surface area (Å²) >= 11 is 0. The number of rotatable bonds is 5. The first kappa shape index (κ1) is 16.3.